The third-order valence-corrected chi connectivity index (χ3v) is 2.46. The summed E-state index contributed by atoms with van der Waals surface area (Å²) in [7, 11) is 2.01. The minimum absolute atomic E-state index is 0.858. The van der Waals surface area contributed by atoms with Gasteiger partial charge in [0.25, 0.3) is 0 Å². The van der Waals surface area contributed by atoms with Gasteiger partial charge in [-0.1, -0.05) is 13.3 Å². The highest BCUT2D eigenvalue weighted by Crippen LogP contribution is 2.32. The van der Waals surface area contributed by atoms with Crippen LogP contribution < -0.4 is 10.6 Å². The van der Waals surface area contributed by atoms with Crippen LogP contribution in [0.25, 0.3) is 0 Å². The Morgan fingerprint density at radius 2 is 2.18 bits per heavy atom. The molecule has 1 fully saturated rings. The maximum atomic E-state index is 3.55. The summed E-state index contributed by atoms with van der Waals surface area (Å²) >= 11 is 0. The molecule has 1 aliphatic carbocycles. The van der Waals surface area contributed by atoms with Crippen molar-refractivity contribution in [2.24, 2.45) is 5.92 Å². The van der Waals surface area contributed by atoms with Crippen molar-refractivity contribution in [3.05, 3.63) is 0 Å². The molecule has 0 radical (unpaired) electrons. The first-order chi connectivity index (χ1) is 5.38. The molecular formula is C9H20N2. The van der Waals surface area contributed by atoms with E-state index in [0.29, 0.717) is 0 Å². The van der Waals surface area contributed by atoms with Crippen LogP contribution in [0.3, 0.4) is 0 Å². The van der Waals surface area contributed by atoms with Gasteiger partial charge in [-0.3, -0.25) is 0 Å². The quantitative estimate of drug-likeness (QED) is 0.560. The number of nitrogens with one attached hydrogen (secondary N) is 2. The maximum Gasteiger partial charge on any atom is 0.00990 e. The highest BCUT2D eigenvalue weighted by atomic mass is 15.0. The third-order valence-electron chi connectivity index (χ3n) is 2.46. The first-order valence-electron chi connectivity index (χ1n) is 4.76. The first kappa shape index (κ1) is 9.01. The molecule has 11 heavy (non-hydrogen) atoms. The summed E-state index contributed by atoms with van der Waals surface area (Å²) in [6, 6.07) is 0.858. The molecule has 2 N–H and O–H groups in total. The van der Waals surface area contributed by atoms with Crippen molar-refractivity contribution in [3.63, 3.8) is 0 Å². The molecular weight excluding hydrogens is 136 g/mol. The van der Waals surface area contributed by atoms with Crippen LogP contribution in [-0.2, 0) is 0 Å². The highest BCUT2D eigenvalue weighted by Gasteiger charge is 2.33. The van der Waals surface area contributed by atoms with Gasteiger partial charge in [0.1, 0.15) is 0 Å². The van der Waals surface area contributed by atoms with E-state index in [9.17, 15) is 0 Å². The zero-order valence-corrected chi connectivity index (χ0v) is 7.69. The van der Waals surface area contributed by atoms with Crippen LogP contribution in [0.4, 0.5) is 0 Å². The van der Waals surface area contributed by atoms with Gasteiger partial charge in [0.15, 0.2) is 0 Å². The van der Waals surface area contributed by atoms with E-state index in [-0.39, 0.29) is 0 Å². The van der Waals surface area contributed by atoms with Gasteiger partial charge >= 0.3 is 0 Å². The second-order valence-corrected chi connectivity index (χ2v) is 3.42. The van der Waals surface area contributed by atoms with Crippen molar-refractivity contribution in [2.75, 3.05) is 20.1 Å². The molecule has 0 spiro atoms. The Labute approximate surface area is 69.8 Å². The molecule has 0 aliphatic heterocycles. The largest absolute Gasteiger partial charge is 0.320 e. The predicted octanol–water partition coefficient (Wildman–Crippen LogP) is 0.984. The molecule has 0 bridgehead atoms. The average Bonchev–Trinajstić information content (AvgIpc) is 2.77. The minimum Gasteiger partial charge on any atom is -0.320 e. The average molecular weight is 156 g/mol. The van der Waals surface area contributed by atoms with E-state index in [1.54, 1.807) is 0 Å². The lowest BCUT2D eigenvalue weighted by atomic mass is 10.3. The van der Waals surface area contributed by atoms with Crippen molar-refractivity contribution in [3.8, 4) is 0 Å². The van der Waals surface area contributed by atoms with E-state index in [0.717, 1.165) is 18.5 Å². The second-order valence-electron chi connectivity index (χ2n) is 3.42. The lowest BCUT2D eigenvalue weighted by Crippen LogP contribution is -2.22. The van der Waals surface area contributed by atoms with E-state index in [4.69, 9.17) is 0 Å². The molecule has 2 nitrogen and oxygen atoms in total. The van der Waals surface area contributed by atoms with Gasteiger partial charge in [0.05, 0.1) is 0 Å². The molecule has 1 rings (SSSR count). The van der Waals surface area contributed by atoms with Crippen molar-refractivity contribution in [1.82, 2.24) is 10.6 Å². The highest BCUT2D eigenvalue weighted by molar-refractivity contribution is 4.91. The first-order valence-corrected chi connectivity index (χ1v) is 4.76. The molecule has 0 heterocycles. The monoisotopic (exact) mass is 156 g/mol. The molecule has 2 atom stereocenters. The minimum atomic E-state index is 0.858. The Morgan fingerprint density at radius 3 is 2.73 bits per heavy atom. The number of hydrogen-bond donors (Lipinski definition) is 2. The molecule has 66 valence electrons. The van der Waals surface area contributed by atoms with Gasteiger partial charge in [-0.05, 0) is 38.9 Å². The number of rotatable bonds is 6. The Bertz CT molecular complexity index is 104. The van der Waals surface area contributed by atoms with Crippen molar-refractivity contribution in [1.29, 1.82) is 0 Å². The van der Waals surface area contributed by atoms with Crippen LogP contribution in [-0.4, -0.2) is 26.2 Å². The van der Waals surface area contributed by atoms with Crippen LogP contribution in [0, 0.1) is 5.92 Å². The second kappa shape index (κ2) is 4.73. The fraction of sp³-hybridized carbons (Fsp3) is 1.00. The summed E-state index contributed by atoms with van der Waals surface area (Å²) in [5, 5.41) is 6.70. The van der Waals surface area contributed by atoms with Crippen LogP contribution in [0.5, 0.6) is 0 Å². The van der Waals surface area contributed by atoms with E-state index in [1.807, 2.05) is 7.05 Å². The third kappa shape index (κ3) is 3.21. The summed E-state index contributed by atoms with van der Waals surface area (Å²) < 4.78 is 0. The van der Waals surface area contributed by atoms with E-state index < -0.39 is 0 Å². The van der Waals surface area contributed by atoms with E-state index in [1.165, 1.54) is 25.8 Å². The van der Waals surface area contributed by atoms with Gasteiger partial charge in [-0.15, -0.1) is 0 Å². The van der Waals surface area contributed by atoms with Gasteiger partial charge < -0.3 is 10.6 Å². The lowest BCUT2D eigenvalue weighted by molar-refractivity contribution is 0.589. The van der Waals surface area contributed by atoms with Crippen molar-refractivity contribution >= 4 is 0 Å². The number of hydrogen-bond acceptors (Lipinski definition) is 2. The molecule has 0 aromatic heterocycles. The van der Waals surface area contributed by atoms with Gasteiger partial charge in [0.2, 0.25) is 0 Å². The Balaban J connectivity index is 1.82. The van der Waals surface area contributed by atoms with E-state index >= 15 is 0 Å². The zero-order valence-electron chi connectivity index (χ0n) is 7.69. The molecule has 1 saturated carbocycles. The zero-order chi connectivity index (χ0) is 8.10. The normalized spacial score (nSPS) is 28.9. The lowest BCUT2D eigenvalue weighted by Gasteiger charge is -2.02. The predicted molar refractivity (Wildman–Crippen MR) is 48.7 cm³/mol. The summed E-state index contributed by atoms with van der Waals surface area (Å²) in [6.07, 6.45) is 4.02. The molecule has 0 saturated heterocycles. The molecule has 2 heteroatoms. The van der Waals surface area contributed by atoms with Crippen LogP contribution in [0.15, 0.2) is 0 Å². The molecule has 1 aliphatic rings. The van der Waals surface area contributed by atoms with Crippen molar-refractivity contribution < 1.29 is 0 Å². The Kier molecular flexibility index (Phi) is 3.87. The maximum absolute atomic E-state index is 3.55. The van der Waals surface area contributed by atoms with Crippen LogP contribution >= 0.6 is 0 Å². The van der Waals surface area contributed by atoms with Crippen LogP contribution in [0.2, 0.25) is 0 Å². The Morgan fingerprint density at radius 1 is 1.36 bits per heavy atom. The summed E-state index contributed by atoms with van der Waals surface area (Å²) in [4.78, 5) is 0. The molecule has 0 amide bonds. The molecule has 2 unspecified atom stereocenters. The Hall–Kier alpha value is -0.0800. The summed E-state index contributed by atoms with van der Waals surface area (Å²) in [5.74, 6) is 0.990. The van der Waals surface area contributed by atoms with E-state index in [2.05, 4.69) is 17.6 Å². The standard InChI is InChI=1S/C9H20N2/c1-3-8-7-9(8)11-6-4-5-10-2/h8-11H,3-7H2,1-2H3. The van der Waals surface area contributed by atoms with Gasteiger partial charge in [-0.25, -0.2) is 0 Å². The fourth-order valence-electron chi connectivity index (χ4n) is 1.50. The van der Waals surface area contributed by atoms with Crippen LogP contribution in [0.1, 0.15) is 26.2 Å². The summed E-state index contributed by atoms with van der Waals surface area (Å²) in [5.41, 5.74) is 0. The molecule has 0 aromatic rings. The van der Waals surface area contributed by atoms with Gasteiger partial charge in [0, 0.05) is 6.04 Å². The fourth-order valence-corrected chi connectivity index (χ4v) is 1.50. The topological polar surface area (TPSA) is 24.1 Å². The molecule has 0 aromatic carbocycles. The van der Waals surface area contributed by atoms with Crippen molar-refractivity contribution in [2.45, 2.75) is 32.2 Å². The van der Waals surface area contributed by atoms with Gasteiger partial charge in [-0.2, -0.15) is 0 Å². The summed E-state index contributed by atoms with van der Waals surface area (Å²) in [6.45, 7) is 4.60. The SMILES string of the molecule is CCC1CC1NCCCNC. The smallest absolute Gasteiger partial charge is 0.00990 e.